The van der Waals surface area contributed by atoms with Crippen molar-refractivity contribution in [3.05, 3.63) is 70.5 Å². The average Bonchev–Trinajstić information content (AvgIpc) is 2.39. The molecule has 2 aromatic rings. The first-order valence-electron chi connectivity index (χ1n) is 6.59. The molecule has 0 amide bonds. The third kappa shape index (κ3) is 3.42. The fourth-order valence-corrected chi connectivity index (χ4v) is 2.29. The molecule has 0 spiro atoms. The average molecular weight is 257 g/mol. The molecule has 0 aromatic heterocycles. The Hall–Kier alpha value is -1.67. The lowest BCUT2D eigenvalue weighted by Crippen LogP contribution is -2.19. The molecule has 100 valence electrons. The topological polar surface area (TPSA) is 12.0 Å². The lowest BCUT2D eigenvalue weighted by molar-refractivity contribution is 0.587. The maximum atomic E-state index is 13.1. The summed E-state index contributed by atoms with van der Waals surface area (Å²) in [4.78, 5) is 0. The Bertz CT molecular complexity index is 546. The normalized spacial score (nSPS) is 12.4. The first kappa shape index (κ1) is 13.8. The largest absolute Gasteiger partial charge is 0.313 e. The number of aryl methyl sites for hydroxylation is 2. The van der Waals surface area contributed by atoms with E-state index in [4.69, 9.17) is 0 Å². The fourth-order valence-electron chi connectivity index (χ4n) is 2.29. The monoisotopic (exact) mass is 257 g/mol. The van der Waals surface area contributed by atoms with Crippen LogP contribution < -0.4 is 5.32 Å². The number of halogens is 1. The minimum atomic E-state index is -0.169. The molecule has 1 nitrogen and oxygen atoms in total. The van der Waals surface area contributed by atoms with E-state index < -0.39 is 0 Å². The molecule has 0 aliphatic rings. The van der Waals surface area contributed by atoms with Gasteiger partial charge < -0.3 is 5.32 Å². The van der Waals surface area contributed by atoms with Crippen molar-refractivity contribution in [1.29, 1.82) is 0 Å². The molecule has 0 saturated heterocycles. The van der Waals surface area contributed by atoms with Gasteiger partial charge in [-0.15, -0.1) is 0 Å². The van der Waals surface area contributed by atoms with E-state index in [2.05, 4.69) is 36.5 Å². The van der Waals surface area contributed by atoms with Gasteiger partial charge in [0.1, 0.15) is 5.82 Å². The molecule has 1 unspecified atom stereocenters. The second kappa shape index (κ2) is 5.98. The predicted molar refractivity (Wildman–Crippen MR) is 77.8 cm³/mol. The number of hydrogen-bond acceptors (Lipinski definition) is 1. The summed E-state index contributed by atoms with van der Waals surface area (Å²) in [6, 6.07) is 13.8. The van der Waals surface area contributed by atoms with E-state index in [1.54, 1.807) is 6.07 Å². The molecule has 19 heavy (non-hydrogen) atoms. The highest BCUT2D eigenvalue weighted by Crippen LogP contribution is 2.21. The highest BCUT2D eigenvalue weighted by Gasteiger charge is 2.11. The van der Waals surface area contributed by atoms with E-state index in [1.165, 1.54) is 22.8 Å². The van der Waals surface area contributed by atoms with Gasteiger partial charge >= 0.3 is 0 Å². The van der Waals surface area contributed by atoms with E-state index in [1.807, 2.05) is 20.0 Å². The zero-order valence-electron chi connectivity index (χ0n) is 11.7. The first-order chi connectivity index (χ1) is 9.10. The van der Waals surface area contributed by atoms with Crippen LogP contribution in [0, 0.1) is 19.7 Å². The Kier molecular flexibility index (Phi) is 4.33. The van der Waals surface area contributed by atoms with Crippen LogP contribution in [0.15, 0.2) is 42.5 Å². The van der Waals surface area contributed by atoms with Crippen LogP contribution in [-0.2, 0) is 6.42 Å². The SMILES string of the molecule is CNC(Cc1ccc(F)cc1C)c1ccc(C)cc1. The summed E-state index contributed by atoms with van der Waals surface area (Å²) in [7, 11) is 1.96. The van der Waals surface area contributed by atoms with E-state index in [0.29, 0.717) is 0 Å². The van der Waals surface area contributed by atoms with Gasteiger partial charge in [0.15, 0.2) is 0 Å². The fraction of sp³-hybridized carbons (Fsp3) is 0.294. The van der Waals surface area contributed by atoms with E-state index >= 15 is 0 Å². The number of nitrogens with one attached hydrogen (secondary N) is 1. The van der Waals surface area contributed by atoms with Crippen molar-refractivity contribution in [3.8, 4) is 0 Å². The zero-order valence-corrected chi connectivity index (χ0v) is 11.7. The van der Waals surface area contributed by atoms with Crippen LogP contribution in [0.4, 0.5) is 4.39 Å². The van der Waals surface area contributed by atoms with Gasteiger partial charge in [-0.3, -0.25) is 0 Å². The molecule has 0 radical (unpaired) electrons. The molecule has 2 heteroatoms. The Balaban J connectivity index is 2.21. The molecule has 0 saturated carbocycles. The van der Waals surface area contributed by atoms with Crippen molar-refractivity contribution in [2.45, 2.75) is 26.3 Å². The summed E-state index contributed by atoms with van der Waals surface area (Å²) in [6.45, 7) is 4.04. The zero-order chi connectivity index (χ0) is 13.8. The first-order valence-corrected chi connectivity index (χ1v) is 6.59. The molecule has 0 heterocycles. The third-order valence-electron chi connectivity index (χ3n) is 3.56. The van der Waals surface area contributed by atoms with Crippen LogP contribution >= 0.6 is 0 Å². The molecule has 0 fully saturated rings. The number of hydrogen-bond donors (Lipinski definition) is 1. The molecule has 0 bridgehead atoms. The van der Waals surface area contributed by atoms with Crippen LogP contribution in [0.25, 0.3) is 0 Å². The van der Waals surface area contributed by atoms with Gasteiger partial charge in [0.2, 0.25) is 0 Å². The van der Waals surface area contributed by atoms with Crippen molar-refractivity contribution in [2.24, 2.45) is 0 Å². The second-order valence-corrected chi connectivity index (χ2v) is 5.03. The van der Waals surface area contributed by atoms with Crippen molar-refractivity contribution in [2.75, 3.05) is 7.05 Å². The summed E-state index contributed by atoms with van der Waals surface area (Å²) in [5, 5.41) is 3.33. The molecular weight excluding hydrogens is 237 g/mol. The maximum Gasteiger partial charge on any atom is 0.123 e. The second-order valence-electron chi connectivity index (χ2n) is 5.03. The molecule has 0 aliphatic heterocycles. The number of likely N-dealkylation sites (N-methyl/N-ethyl adjacent to an activating group) is 1. The van der Waals surface area contributed by atoms with Crippen molar-refractivity contribution in [1.82, 2.24) is 5.32 Å². The Morgan fingerprint density at radius 1 is 1.05 bits per heavy atom. The quantitative estimate of drug-likeness (QED) is 0.874. The molecule has 1 atom stereocenters. The van der Waals surface area contributed by atoms with Crippen molar-refractivity contribution in [3.63, 3.8) is 0 Å². The van der Waals surface area contributed by atoms with Gasteiger partial charge in [0.25, 0.3) is 0 Å². The highest BCUT2D eigenvalue weighted by atomic mass is 19.1. The smallest absolute Gasteiger partial charge is 0.123 e. The van der Waals surface area contributed by atoms with E-state index in [-0.39, 0.29) is 11.9 Å². The lowest BCUT2D eigenvalue weighted by Gasteiger charge is -2.18. The van der Waals surface area contributed by atoms with E-state index in [0.717, 1.165) is 12.0 Å². The number of rotatable bonds is 4. The van der Waals surface area contributed by atoms with Crippen LogP contribution in [0.5, 0.6) is 0 Å². The molecule has 0 aliphatic carbocycles. The van der Waals surface area contributed by atoms with Crippen molar-refractivity contribution < 1.29 is 4.39 Å². The molecular formula is C17H20FN. The molecule has 2 rings (SSSR count). The lowest BCUT2D eigenvalue weighted by atomic mass is 9.95. The van der Waals surface area contributed by atoms with Gasteiger partial charge in [-0.05, 0) is 56.1 Å². The molecule has 2 aromatic carbocycles. The summed E-state index contributed by atoms with van der Waals surface area (Å²) in [6.07, 6.45) is 0.867. The van der Waals surface area contributed by atoms with Gasteiger partial charge in [0.05, 0.1) is 0 Å². The van der Waals surface area contributed by atoms with Crippen LogP contribution in [0.1, 0.15) is 28.3 Å². The van der Waals surface area contributed by atoms with Gasteiger partial charge in [-0.2, -0.15) is 0 Å². The van der Waals surface area contributed by atoms with Crippen LogP contribution in [0.2, 0.25) is 0 Å². The number of benzene rings is 2. The Morgan fingerprint density at radius 2 is 1.74 bits per heavy atom. The van der Waals surface area contributed by atoms with Gasteiger partial charge in [-0.25, -0.2) is 4.39 Å². The van der Waals surface area contributed by atoms with Gasteiger partial charge in [0, 0.05) is 6.04 Å². The van der Waals surface area contributed by atoms with Crippen LogP contribution in [-0.4, -0.2) is 7.05 Å². The Morgan fingerprint density at radius 3 is 2.32 bits per heavy atom. The van der Waals surface area contributed by atoms with Crippen molar-refractivity contribution >= 4 is 0 Å². The minimum absolute atomic E-state index is 0.169. The summed E-state index contributed by atoms with van der Waals surface area (Å²) in [5.41, 5.74) is 4.71. The van der Waals surface area contributed by atoms with Gasteiger partial charge in [-0.1, -0.05) is 35.9 Å². The Labute approximate surface area is 114 Å². The third-order valence-corrected chi connectivity index (χ3v) is 3.56. The molecule has 1 N–H and O–H groups in total. The van der Waals surface area contributed by atoms with Crippen LogP contribution in [0.3, 0.4) is 0 Å². The maximum absolute atomic E-state index is 13.1. The summed E-state index contributed by atoms with van der Waals surface area (Å²) in [5.74, 6) is -0.169. The van der Waals surface area contributed by atoms with E-state index in [9.17, 15) is 4.39 Å². The minimum Gasteiger partial charge on any atom is -0.313 e. The standard InChI is InChI=1S/C17H20FN/c1-12-4-6-14(7-5-12)17(19-3)11-15-8-9-16(18)10-13(15)2/h4-10,17,19H,11H2,1-3H3. The predicted octanol–water partition coefficient (Wildman–Crippen LogP) is 3.95. The highest BCUT2D eigenvalue weighted by molar-refractivity contribution is 5.30. The summed E-state index contributed by atoms with van der Waals surface area (Å²) >= 11 is 0. The summed E-state index contributed by atoms with van der Waals surface area (Å²) < 4.78 is 13.1.